The Morgan fingerprint density at radius 3 is 2.44 bits per heavy atom. The van der Waals surface area contributed by atoms with Crippen LogP contribution in [0, 0.1) is 5.92 Å². The van der Waals surface area contributed by atoms with E-state index in [0.29, 0.717) is 6.04 Å². The molecule has 2 aliphatic rings. The summed E-state index contributed by atoms with van der Waals surface area (Å²) in [6.07, 6.45) is 8.99. The summed E-state index contributed by atoms with van der Waals surface area (Å²) < 4.78 is 0. The fourth-order valence-electron chi connectivity index (χ4n) is 4.08. The molecule has 1 amide bonds. The van der Waals surface area contributed by atoms with Gasteiger partial charge in [0.05, 0.1) is 11.4 Å². The zero-order valence-corrected chi connectivity index (χ0v) is 16.6. The highest BCUT2D eigenvalue weighted by Gasteiger charge is 2.27. The minimum atomic E-state index is 0. The van der Waals surface area contributed by atoms with Gasteiger partial charge in [0.1, 0.15) is 0 Å². The summed E-state index contributed by atoms with van der Waals surface area (Å²) in [4.78, 5) is 15.0. The number of hydrogen-bond donors (Lipinski definition) is 2. The molecule has 2 atom stereocenters. The third-order valence-corrected chi connectivity index (χ3v) is 5.50. The van der Waals surface area contributed by atoms with Crippen molar-refractivity contribution in [1.29, 1.82) is 0 Å². The Bertz CT molecular complexity index is 549. The zero-order chi connectivity index (χ0) is 16.2. The van der Waals surface area contributed by atoms with Crippen molar-refractivity contribution >= 4 is 42.1 Å². The lowest BCUT2D eigenvalue weighted by Gasteiger charge is -2.30. The van der Waals surface area contributed by atoms with E-state index >= 15 is 0 Å². The van der Waals surface area contributed by atoms with Gasteiger partial charge in [-0.1, -0.05) is 31.4 Å². The molecule has 0 radical (unpaired) electrons. The van der Waals surface area contributed by atoms with E-state index in [2.05, 4.69) is 23.3 Å². The number of nitrogens with one attached hydrogen (secondary N) is 1. The number of rotatable bonds is 4. The molecule has 0 bridgehead atoms. The summed E-state index contributed by atoms with van der Waals surface area (Å²) in [5.74, 6) is 0.191. The van der Waals surface area contributed by atoms with Crippen LogP contribution in [-0.4, -0.2) is 25.0 Å². The SMILES string of the molecule is CN(c1ccccc1NC(=O)C1CCCC(N)C1)C1CCCC1.Cl.Cl. The molecule has 25 heavy (non-hydrogen) atoms. The number of carbonyl (C=O) groups excluding carboxylic acids is 1. The number of nitrogens with two attached hydrogens (primary N) is 1. The van der Waals surface area contributed by atoms with Gasteiger partial charge in [-0.15, -0.1) is 24.8 Å². The highest BCUT2D eigenvalue weighted by atomic mass is 35.5. The predicted octanol–water partition coefficient (Wildman–Crippen LogP) is 4.37. The molecule has 0 spiro atoms. The number of hydrogen-bond acceptors (Lipinski definition) is 3. The Morgan fingerprint density at radius 2 is 1.76 bits per heavy atom. The van der Waals surface area contributed by atoms with Crippen molar-refractivity contribution in [2.75, 3.05) is 17.3 Å². The number of amides is 1. The second-order valence-electron chi connectivity index (χ2n) is 7.18. The standard InChI is InChI=1S/C19H29N3O.2ClH/c1-22(16-9-2-3-10-16)18-12-5-4-11-17(18)21-19(23)14-7-6-8-15(20)13-14;;/h4-5,11-12,14-16H,2-3,6-10,13,20H2,1H3,(H,21,23);2*1H. The molecule has 2 saturated carbocycles. The summed E-state index contributed by atoms with van der Waals surface area (Å²) in [6, 6.07) is 8.94. The summed E-state index contributed by atoms with van der Waals surface area (Å²) in [5.41, 5.74) is 8.10. The smallest absolute Gasteiger partial charge is 0.227 e. The van der Waals surface area contributed by atoms with Crippen molar-refractivity contribution in [2.45, 2.75) is 63.5 Å². The molecule has 4 nitrogen and oxygen atoms in total. The predicted molar refractivity (Wildman–Crippen MR) is 110 cm³/mol. The third-order valence-electron chi connectivity index (χ3n) is 5.50. The van der Waals surface area contributed by atoms with Gasteiger partial charge in [-0.3, -0.25) is 4.79 Å². The average Bonchev–Trinajstić information content (AvgIpc) is 3.09. The molecular formula is C19H31Cl2N3O. The summed E-state index contributed by atoms with van der Waals surface area (Å²) >= 11 is 0. The van der Waals surface area contributed by atoms with E-state index in [1.54, 1.807) is 0 Å². The van der Waals surface area contributed by atoms with Crippen LogP contribution in [0.2, 0.25) is 0 Å². The Balaban J connectivity index is 0.00000156. The first-order valence-electron chi connectivity index (χ1n) is 9.03. The van der Waals surface area contributed by atoms with Crippen LogP contribution < -0.4 is 16.0 Å². The fraction of sp³-hybridized carbons (Fsp3) is 0.632. The van der Waals surface area contributed by atoms with E-state index in [1.165, 1.54) is 25.7 Å². The number of para-hydroxylation sites is 2. The van der Waals surface area contributed by atoms with Crippen LogP contribution in [0.3, 0.4) is 0 Å². The summed E-state index contributed by atoms with van der Waals surface area (Å²) in [5, 5.41) is 3.17. The maximum absolute atomic E-state index is 12.6. The van der Waals surface area contributed by atoms with Gasteiger partial charge in [0.15, 0.2) is 0 Å². The van der Waals surface area contributed by atoms with Gasteiger partial charge in [0, 0.05) is 25.0 Å². The molecular weight excluding hydrogens is 357 g/mol. The normalized spacial score (nSPS) is 23.3. The Hall–Kier alpha value is -0.970. The largest absolute Gasteiger partial charge is 0.370 e. The fourth-order valence-corrected chi connectivity index (χ4v) is 4.08. The van der Waals surface area contributed by atoms with Gasteiger partial charge in [-0.25, -0.2) is 0 Å². The molecule has 3 rings (SSSR count). The second-order valence-corrected chi connectivity index (χ2v) is 7.18. The first-order chi connectivity index (χ1) is 11.1. The van der Waals surface area contributed by atoms with Crippen molar-refractivity contribution < 1.29 is 4.79 Å². The first-order valence-corrected chi connectivity index (χ1v) is 9.03. The van der Waals surface area contributed by atoms with Crippen LogP contribution in [0.5, 0.6) is 0 Å². The van der Waals surface area contributed by atoms with E-state index in [9.17, 15) is 4.79 Å². The molecule has 1 aromatic carbocycles. The minimum absolute atomic E-state index is 0. The van der Waals surface area contributed by atoms with Crippen LogP contribution in [0.4, 0.5) is 11.4 Å². The average molecular weight is 388 g/mol. The van der Waals surface area contributed by atoms with Gasteiger partial charge in [-0.2, -0.15) is 0 Å². The van der Waals surface area contributed by atoms with Gasteiger partial charge < -0.3 is 16.0 Å². The highest BCUT2D eigenvalue weighted by Crippen LogP contribution is 2.33. The van der Waals surface area contributed by atoms with E-state index in [1.807, 2.05) is 18.2 Å². The number of nitrogens with zero attached hydrogens (tertiary/aromatic N) is 1. The number of carbonyl (C=O) groups is 1. The maximum atomic E-state index is 12.6. The lowest BCUT2D eigenvalue weighted by atomic mass is 9.85. The quantitative estimate of drug-likeness (QED) is 0.806. The van der Waals surface area contributed by atoms with Crippen molar-refractivity contribution in [1.82, 2.24) is 0 Å². The summed E-state index contributed by atoms with van der Waals surface area (Å²) in [7, 11) is 2.15. The summed E-state index contributed by atoms with van der Waals surface area (Å²) in [6.45, 7) is 0. The van der Waals surface area contributed by atoms with Crippen LogP contribution in [0.15, 0.2) is 24.3 Å². The lowest BCUT2D eigenvalue weighted by molar-refractivity contribution is -0.120. The number of halogens is 2. The van der Waals surface area contributed by atoms with Crippen LogP contribution in [0.1, 0.15) is 51.4 Å². The third kappa shape index (κ3) is 5.50. The van der Waals surface area contributed by atoms with E-state index in [0.717, 1.165) is 37.1 Å². The molecule has 3 N–H and O–H groups in total. The first kappa shape index (κ1) is 22.1. The molecule has 1 aromatic rings. The van der Waals surface area contributed by atoms with E-state index < -0.39 is 0 Å². The highest BCUT2D eigenvalue weighted by molar-refractivity contribution is 5.96. The Kier molecular flexibility index (Phi) is 9.04. The molecule has 0 aromatic heterocycles. The van der Waals surface area contributed by atoms with E-state index in [4.69, 9.17) is 5.73 Å². The Labute approximate surface area is 163 Å². The van der Waals surface area contributed by atoms with Gasteiger partial charge in [0.25, 0.3) is 0 Å². The van der Waals surface area contributed by atoms with Crippen LogP contribution in [0.25, 0.3) is 0 Å². The van der Waals surface area contributed by atoms with Crippen molar-refractivity contribution in [3.05, 3.63) is 24.3 Å². The van der Waals surface area contributed by atoms with Crippen molar-refractivity contribution in [2.24, 2.45) is 11.7 Å². The van der Waals surface area contributed by atoms with Crippen LogP contribution in [-0.2, 0) is 4.79 Å². The topological polar surface area (TPSA) is 58.4 Å². The molecule has 6 heteroatoms. The molecule has 142 valence electrons. The molecule has 0 saturated heterocycles. The molecule has 0 aliphatic heterocycles. The van der Waals surface area contributed by atoms with Gasteiger partial charge in [0.2, 0.25) is 5.91 Å². The van der Waals surface area contributed by atoms with Crippen LogP contribution >= 0.6 is 24.8 Å². The van der Waals surface area contributed by atoms with Crippen molar-refractivity contribution in [3.63, 3.8) is 0 Å². The van der Waals surface area contributed by atoms with Gasteiger partial charge >= 0.3 is 0 Å². The van der Waals surface area contributed by atoms with Crippen molar-refractivity contribution in [3.8, 4) is 0 Å². The monoisotopic (exact) mass is 387 g/mol. The Morgan fingerprint density at radius 1 is 1.08 bits per heavy atom. The number of benzene rings is 1. The number of anilines is 2. The molecule has 2 aliphatic carbocycles. The minimum Gasteiger partial charge on any atom is -0.370 e. The molecule has 0 heterocycles. The van der Waals surface area contributed by atoms with E-state index in [-0.39, 0.29) is 42.7 Å². The van der Waals surface area contributed by atoms with Gasteiger partial charge in [-0.05, 0) is 44.2 Å². The molecule has 2 fully saturated rings. The zero-order valence-electron chi connectivity index (χ0n) is 14.9. The maximum Gasteiger partial charge on any atom is 0.227 e. The lowest BCUT2D eigenvalue weighted by Crippen LogP contribution is -2.35. The molecule has 2 unspecified atom stereocenters. The second kappa shape index (κ2) is 10.2.